The van der Waals surface area contributed by atoms with E-state index in [0.29, 0.717) is 12.6 Å². The van der Waals surface area contributed by atoms with Crippen LogP contribution in [0.1, 0.15) is 24.0 Å². The Balaban J connectivity index is 0.00000300. The van der Waals surface area contributed by atoms with Gasteiger partial charge < -0.3 is 15.4 Å². The summed E-state index contributed by atoms with van der Waals surface area (Å²) in [7, 11) is 3.22. The minimum atomic E-state index is -0.351. The molecule has 0 aromatic heterocycles. The number of ether oxygens (including phenoxy) is 1. The summed E-state index contributed by atoms with van der Waals surface area (Å²) < 4.78 is 18.8. The van der Waals surface area contributed by atoms with Crippen molar-refractivity contribution in [3.8, 4) is 5.75 Å². The van der Waals surface area contributed by atoms with Crippen molar-refractivity contribution in [1.82, 2.24) is 15.5 Å². The Morgan fingerprint density at radius 2 is 1.86 bits per heavy atom. The number of rotatable bonds is 6. The third-order valence-electron chi connectivity index (χ3n) is 5.08. The molecule has 2 N–H and O–H groups in total. The summed E-state index contributed by atoms with van der Waals surface area (Å²) in [4.78, 5) is 6.79. The molecule has 1 aliphatic heterocycles. The number of hydrogen-bond donors (Lipinski definition) is 2. The van der Waals surface area contributed by atoms with Crippen molar-refractivity contribution in [1.29, 1.82) is 0 Å². The van der Waals surface area contributed by atoms with Crippen LogP contribution >= 0.6 is 24.0 Å². The average molecular weight is 512 g/mol. The fraction of sp³-hybridized carbons (Fsp3) is 0.409. The van der Waals surface area contributed by atoms with Crippen molar-refractivity contribution in [2.24, 2.45) is 4.99 Å². The third-order valence-corrected chi connectivity index (χ3v) is 5.08. The van der Waals surface area contributed by atoms with E-state index in [4.69, 9.17) is 4.74 Å². The van der Waals surface area contributed by atoms with E-state index < -0.39 is 0 Å². The minimum Gasteiger partial charge on any atom is -0.494 e. The topological polar surface area (TPSA) is 48.9 Å². The number of piperidine rings is 1. The molecule has 1 fully saturated rings. The number of halogens is 2. The fourth-order valence-electron chi connectivity index (χ4n) is 3.47. The Labute approximate surface area is 189 Å². The van der Waals surface area contributed by atoms with Gasteiger partial charge in [-0.05, 0) is 36.1 Å². The van der Waals surface area contributed by atoms with Crippen LogP contribution in [0.25, 0.3) is 0 Å². The maximum atomic E-state index is 13.8. The van der Waals surface area contributed by atoms with Crippen LogP contribution in [0.15, 0.2) is 53.5 Å². The molecular weight excluding hydrogens is 482 g/mol. The highest BCUT2D eigenvalue weighted by Gasteiger charge is 2.20. The monoisotopic (exact) mass is 512 g/mol. The molecule has 0 bridgehead atoms. The predicted molar refractivity (Wildman–Crippen MR) is 126 cm³/mol. The molecule has 7 heteroatoms. The molecule has 5 nitrogen and oxygen atoms in total. The first kappa shape index (κ1) is 23.4. The summed E-state index contributed by atoms with van der Waals surface area (Å²) in [6.07, 6.45) is 2.15. The smallest absolute Gasteiger partial charge is 0.191 e. The van der Waals surface area contributed by atoms with Gasteiger partial charge in [0.05, 0.1) is 7.11 Å². The van der Waals surface area contributed by atoms with Crippen LogP contribution in [0.3, 0.4) is 0 Å². The van der Waals surface area contributed by atoms with Crippen molar-refractivity contribution >= 4 is 29.9 Å². The van der Waals surface area contributed by atoms with E-state index in [1.54, 1.807) is 13.1 Å². The Hall–Kier alpha value is -1.87. The first-order valence-corrected chi connectivity index (χ1v) is 9.74. The molecule has 3 rings (SSSR count). The molecule has 1 saturated heterocycles. The quantitative estimate of drug-likeness (QED) is 0.352. The lowest BCUT2D eigenvalue weighted by atomic mass is 10.0. The van der Waals surface area contributed by atoms with E-state index in [1.165, 1.54) is 18.7 Å². The molecule has 0 spiro atoms. The number of nitrogens with zero attached hydrogens (tertiary/aromatic N) is 2. The molecule has 1 aliphatic rings. The highest BCUT2D eigenvalue weighted by molar-refractivity contribution is 14.0. The van der Waals surface area contributed by atoms with E-state index in [9.17, 15) is 4.39 Å². The second-order valence-corrected chi connectivity index (χ2v) is 7.08. The summed E-state index contributed by atoms with van der Waals surface area (Å²) in [6.45, 7) is 3.64. The van der Waals surface area contributed by atoms with E-state index in [2.05, 4.69) is 50.9 Å². The maximum absolute atomic E-state index is 13.8. The highest BCUT2D eigenvalue weighted by atomic mass is 127. The van der Waals surface area contributed by atoms with E-state index in [1.807, 2.05) is 6.07 Å². The summed E-state index contributed by atoms with van der Waals surface area (Å²) in [5.41, 5.74) is 2.21. The molecule has 0 radical (unpaired) electrons. The van der Waals surface area contributed by atoms with Gasteiger partial charge in [-0.1, -0.05) is 36.4 Å². The molecule has 2 aromatic rings. The zero-order chi connectivity index (χ0) is 19.8. The normalized spacial score (nSPS) is 15.5. The molecule has 2 aromatic carbocycles. The van der Waals surface area contributed by atoms with Crippen LogP contribution in [0.2, 0.25) is 0 Å². The SMILES string of the molecule is CN=C(NCc1ccc(OC)c(F)c1)NC1CCN(Cc2ccccc2)CC1.I. The number of guanidine groups is 1. The van der Waals surface area contributed by atoms with Crippen molar-refractivity contribution in [3.05, 3.63) is 65.5 Å². The molecule has 0 saturated carbocycles. The van der Waals surface area contributed by atoms with Crippen molar-refractivity contribution in [3.63, 3.8) is 0 Å². The number of likely N-dealkylation sites (tertiary alicyclic amines) is 1. The van der Waals surface area contributed by atoms with Gasteiger partial charge in [-0.25, -0.2) is 4.39 Å². The molecule has 158 valence electrons. The molecular formula is C22H30FIN4O. The zero-order valence-corrected chi connectivity index (χ0v) is 19.4. The van der Waals surface area contributed by atoms with Gasteiger partial charge in [0.1, 0.15) is 0 Å². The van der Waals surface area contributed by atoms with Crippen LogP contribution in [0.4, 0.5) is 4.39 Å². The van der Waals surface area contributed by atoms with Crippen LogP contribution < -0.4 is 15.4 Å². The first-order valence-electron chi connectivity index (χ1n) is 9.74. The van der Waals surface area contributed by atoms with Gasteiger partial charge in [-0.2, -0.15) is 0 Å². The van der Waals surface area contributed by atoms with Crippen molar-refractivity contribution < 1.29 is 9.13 Å². The summed E-state index contributed by atoms with van der Waals surface area (Å²) >= 11 is 0. The third kappa shape index (κ3) is 7.15. The summed E-state index contributed by atoms with van der Waals surface area (Å²) in [5, 5.41) is 6.76. The van der Waals surface area contributed by atoms with Gasteiger partial charge in [0.2, 0.25) is 0 Å². The summed E-state index contributed by atoms with van der Waals surface area (Å²) in [6, 6.07) is 16.0. The Morgan fingerprint density at radius 1 is 1.14 bits per heavy atom. The number of benzene rings is 2. The van der Waals surface area contributed by atoms with Crippen LogP contribution in [0.5, 0.6) is 5.75 Å². The summed E-state index contributed by atoms with van der Waals surface area (Å²) in [5.74, 6) is 0.654. The van der Waals surface area contributed by atoms with Gasteiger partial charge in [0.15, 0.2) is 17.5 Å². The number of aliphatic imine (C=N–C) groups is 1. The largest absolute Gasteiger partial charge is 0.494 e. The number of nitrogens with one attached hydrogen (secondary N) is 2. The minimum absolute atomic E-state index is 0. The van der Waals surface area contributed by atoms with Crippen molar-refractivity contribution in [2.75, 3.05) is 27.2 Å². The first-order chi connectivity index (χ1) is 13.7. The fourth-order valence-corrected chi connectivity index (χ4v) is 3.47. The molecule has 0 unspecified atom stereocenters. The second kappa shape index (κ2) is 12.0. The second-order valence-electron chi connectivity index (χ2n) is 7.08. The Kier molecular flexibility index (Phi) is 9.66. The van der Waals surface area contributed by atoms with Gasteiger partial charge in [0, 0.05) is 39.3 Å². The lowest BCUT2D eigenvalue weighted by Gasteiger charge is -2.33. The molecule has 29 heavy (non-hydrogen) atoms. The molecule has 0 atom stereocenters. The molecule has 0 amide bonds. The van der Waals surface area contributed by atoms with Crippen LogP contribution in [0, 0.1) is 5.82 Å². The Bertz CT molecular complexity index is 780. The van der Waals surface area contributed by atoms with Gasteiger partial charge in [-0.15, -0.1) is 24.0 Å². The highest BCUT2D eigenvalue weighted by Crippen LogP contribution is 2.17. The standard InChI is InChI=1S/C22H29FN4O.HI/c1-24-22(25-15-18-8-9-21(28-2)20(23)14-18)26-19-10-12-27(13-11-19)16-17-6-4-3-5-7-17;/h3-9,14,19H,10-13,15-16H2,1-2H3,(H2,24,25,26);1H. The van der Waals surface area contributed by atoms with E-state index >= 15 is 0 Å². The van der Waals surface area contributed by atoms with Gasteiger partial charge >= 0.3 is 0 Å². The lowest BCUT2D eigenvalue weighted by molar-refractivity contribution is 0.198. The van der Waals surface area contributed by atoms with Gasteiger partial charge in [0.25, 0.3) is 0 Å². The Morgan fingerprint density at radius 3 is 2.48 bits per heavy atom. The molecule has 0 aliphatic carbocycles. The predicted octanol–water partition coefficient (Wildman–Crippen LogP) is 3.78. The number of methoxy groups -OCH3 is 1. The zero-order valence-electron chi connectivity index (χ0n) is 17.0. The lowest BCUT2D eigenvalue weighted by Crippen LogP contribution is -2.48. The molecule has 1 heterocycles. The average Bonchev–Trinajstić information content (AvgIpc) is 2.73. The van der Waals surface area contributed by atoms with Gasteiger partial charge in [-0.3, -0.25) is 9.89 Å². The number of hydrogen-bond acceptors (Lipinski definition) is 3. The van der Waals surface area contributed by atoms with Crippen LogP contribution in [-0.4, -0.2) is 44.1 Å². The maximum Gasteiger partial charge on any atom is 0.191 e. The van der Waals surface area contributed by atoms with Crippen molar-refractivity contribution in [2.45, 2.75) is 32.0 Å². The van der Waals surface area contributed by atoms with E-state index in [-0.39, 0.29) is 35.5 Å². The van der Waals surface area contributed by atoms with Crippen LogP contribution in [-0.2, 0) is 13.1 Å². The van der Waals surface area contributed by atoms with E-state index in [0.717, 1.165) is 44.0 Å².